The molecule has 1 saturated heterocycles. The van der Waals surface area contributed by atoms with Crippen molar-refractivity contribution in [1.29, 1.82) is 0 Å². The molecule has 2 rings (SSSR count). The zero-order valence-corrected chi connectivity index (χ0v) is 12.3. The first-order chi connectivity index (χ1) is 8.87. The lowest BCUT2D eigenvalue weighted by Crippen LogP contribution is -2.48. The van der Waals surface area contributed by atoms with Gasteiger partial charge in [0.1, 0.15) is 5.75 Å². The molecule has 0 atom stereocenters. The van der Waals surface area contributed by atoms with E-state index in [1.807, 2.05) is 32.0 Å². The zero-order chi connectivity index (χ0) is 14.0. The third-order valence-corrected chi connectivity index (χ3v) is 3.15. The second kappa shape index (κ2) is 5.29. The van der Waals surface area contributed by atoms with Gasteiger partial charge in [-0.2, -0.15) is 0 Å². The summed E-state index contributed by atoms with van der Waals surface area (Å²) in [6.07, 6.45) is 0.124. The topological polar surface area (TPSA) is 47.7 Å². The third kappa shape index (κ3) is 3.53. The number of nitrogens with zero attached hydrogens (tertiary/aromatic N) is 1. The molecule has 4 heteroatoms. The Labute approximate surface area is 115 Å². The maximum absolute atomic E-state index is 5.95. The van der Waals surface area contributed by atoms with Gasteiger partial charge in [-0.25, -0.2) is 0 Å². The van der Waals surface area contributed by atoms with Crippen molar-refractivity contribution in [3.8, 4) is 5.75 Å². The molecule has 0 unspecified atom stereocenters. The van der Waals surface area contributed by atoms with Gasteiger partial charge in [0.25, 0.3) is 0 Å². The number of anilines is 2. The van der Waals surface area contributed by atoms with E-state index in [1.54, 1.807) is 0 Å². The molecule has 4 nitrogen and oxygen atoms in total. The van der Waals surface area contributed by atoms with E-state index in [0.29, 0.717) is 5.69 Å². The largest absolute Gasteiger partial charge is 0.489 e. The summed E-state index contributed by atoms with van der Waals surface area (Å²) in [7, 11) is 0. The van der Waals surface area contributed by atoms with Crippen molar-refractivity contribution in [2.45, 2.75) is 39.4 Å². The van der Waals surface area contributed by atoms with Crippen molar-refractivity contribution >= 4 is 11.4 Å². The predicted molar refractivity (Wildman–Crippen MR) is 78.9 cm³/mol. The van der Waals surface area contributed by atoms with Crippen molar-refractivity contribution < 1.29 is 9.47 Å². The van der Waals surface area contributed by atoms with E-state index in [4.69, 9.17) is 15.2 Å². The standard InChI is InChI=1S/C15H24N2O2/c1-11(2)19-14-9-12(5-6-13(14)16)17-7-8-18-15(3,4)10-17/h5-6,9,11H,7-8,10,16H2,1-4H3. The highest BCUT2D eigenvalue weighted by Crippen LogP contribution is 2.30. The van der Waals surface area contributed by atoms with Gasteiger partial charge in [0.15, 0.2) is 0 Å². The van der Waals surface area contributed by atoms with E-state index >= 15 is 0 Å². The second-order valence-electron chi connectivity index (χ2n) is 5.92. The number of rotatable bonds is 3. The van der Waals surface area contributed by atoms with E-state index in [-0.39, 0.29) is 11.7 Å². The second-order valence-corrected chi connectivity index (χ2v) is 5.92. The molecule has 106 valence electrons. The van der Waals surface area contributed by atoms with Gasteiger partial charge in [0.05, 0.1) is 24.0 Å². The molecular formula is C15H24N2O2. The Morgan fingerprint density at radius 1 is 1.37 bits per heavy atom. The van der Waals surface area contributed by atoms with Gasteiger partial charge in [-0.1, -0.05) is 0 Å². The molecule has 1 heterocycles. The number of benzene rings is 1. The molecule has 1 aliphatic rings. The number of nitrogens with two attached hydrogens (primary N) is 1. The van der Waals surface area contributed by atoms with Crippen LogP contribution < -0.4 is 15.4 Å². The van der Waals surface area contributed by atoms with Gasteiger partial charge < -0.3 is 20.1 Å². The number of hydrogen-bond donors (Lipinski definition) is 1. The lowest BCUT2D eigenvalue weighted by atomic mass is 10.1. The Balaban J connectivity index is 2.20. The van der Waals surface area contributed by atoms with Crippen molar-refractivity contribution in [2.24, 2.45) is 0 Å². The number of hydrogen-bond acceptors (Lipinski definition) is 4. The van der Waals surface area contributed by atoms with Crippen LogP contribution in [0, 0.1) is 0 Å². The molecule has 0 bridgehead atoms. The number of morpholine rings is 1. The lowest BCUT2D eigenvalue weighted by Gasteiger charge is -2.39. The van der Waals surface area contributed by atoms with Gasteiger partial charge in [0.2, 0.25) is 0 Å². The van der Waals surface area contributed by atoms with Crippen LogP contribution in [-0.2, 0) is 4.74 Å². The highest BCUT2D eigenvalue weighted by Gasteiger charge is 2.27. The van der Waals surface area contributed by atoms with Crippen molar-refractivity contribution in [1.82, 2.24) is 0 Å². The van der Waals surface area contributed by atoms with Crippen LogP contribution in [0.2, 0.25) is 0 Å². The number of nitrogen functional groups attached to an aromatic ring is 1. The molecule has 1 fully saturated rings. The fraction of sp³-hybridized carbons (Fsp3) is 0.600. The first kappa shape index (κ1) is 14.0. The molecule has 1 aliphatic heterocycles. The highest BCUT2D eigenvalue weighted by molar-refractivity contribution is 5.62. The number of ether oxygens (including phenoxy) is 2. The molecule has 0 spiro atoms. The molecule has 1 aromatic rings. The van der Waals surface area contributed by atoms with Gasteiger partial charge in [-0.3, -0.25) is 0 Å². The predicted octanol–water partition coefficient (Wildman–Crippen LogP) is 2.67. The van der Waals surface area contributed by atoms with Crippen molar-refractivity contribution in [3.05, 3.63) is 18.2 Å². The molecular weight excluding hydrogens is 240 g/mol. The van der Waals surface area contributed by atoms with Crippen molar-refractivity contribution in [3.63, 3.8) is 0 Å². The summed E-state index contributed by atoms with van der Waals surface area (Å²) in [4.78, 5) is 2.32. The molecule has 0 aromatic heterocycles. The average Bonchev–Trinajstić information content (AvgIpc) is 2.30. The summed E-state index contributed by atoms with van der Waals surface area (Å²) in [6, 6.07) is 5.98. The van der Waals surface area contributed by atoms with E-state index in [9.17, 15) is 0 Å². The summed E-state index contributed by atoms with van der Waals surface area (Å²) < 4.78 is 11.5. The molecule has 0 amide bonds. The van der Waals surface area contributed by atoms with Crippen molar-refractivity contribution in [2.75, 3.05) is 30.3 Å². The molecule has 0 saturated carbocycles. The van der Waals surface area contributed by atoms with Crippen LogP contribution in [0.4, 0.5) is 11.4 Å². The summed E-state index contributed by atoms with van der Waals surface area (Å²) in [6.45, 7) is 10.8. The fourth-order valence-electron chi connectivity index (χ4n) is 2.31. The SMILES string of the molecule is CC(C)Oc1cc(N2CCOC(C)(C)C2)ccc1N. The highest BCUT2D eigenvalue weighted by atomic mass is 16.5. The van der Waals surface area contributed by atoms with Crippen LogP contribution in [-0.4, -0.2) is 31.4 Å². The third-order valence-electron chi connectivity index (χ3n) is 3.15. The minimum absolute atomic E-state index is 0.112. The molecule has 1 aromatic carbocycles. The zero-order valence-electron chi connectivity index (χ0n) is 12.3. The molecule has 2 N–H and O–H groups in total. The quantitative estimate of drug-likeness (QED) is 0.853. The van der Waals surface area contributed by atoms with Crippen LogP contribution >= 0.6 is 0 Å². The minimum Gasteiger partial charge on any atom is -0.489 e. The van der Waals surface area contributed by atoms with Crippen LogP contribution in [0.5, 0.6) is 5.75 Å². The van der Waals surface area contributed by atoms with Crippen LogP contribution in [0.25, 0.3) is 0 Å². The van der Waals surface area contributed by atoms with Gasteiger partial charge in [-0.15, -0.1) is 0 Å². The Morgan fingerprint density at radius 3 is 2.74 bits per heavy atom. The Hall–Kier alpha value is -1.42. The van der Waals surface area contributed by atoms with Gasteiger partial charge >= 0.3 is 0 Å². The summed E-state index contributed by atoms with van der Waals surface area (Å²) >= 11 is 0. The first-order valence-electron chi connectivity index (χ1n) is 6.82. The Morgan fingerprint density at radius 2 is 2.11 bits per heavy atom. The minimum atomic E-state index is -0.112. The monoisotopic (exact) mass is 264 g/mol. The van der Waals surface area contributed by atoms with E-state index in [2.05, 4.69) is 18.7 Å². The normalized spacial score (nSPS) is 18.7. The van der Waals surface area contributed by atoms with E-state index in [0.717, 1.165) is 31.1 Å². The van der Waals surface area contributed by atoms with E-state index in [1.165, 1.54) is 0 Å². The fourth-order valence-corrected chi connectivity index (χ4v) is 2.31. The van der Waals surface area contributed by atoms with Crippen LogP contribution in [0.15, 0.2) is 18.2 Å². The lowest BCUT2D eigenvalue weighted by molar-refractivity contribution is -0.0277. The molecule has 0 aliphatic carbocycles. The smallest absolute Gasteiger partial charge is 0.144 e. The summed E-state index contributed by atoms with van der Waals surface area (Å²) in [5, 5.41) is 0. The van der Waals surface area contributed by atoms with Gasteiger partial charge in [-0.05, 0) is 39.8 Å². The molecule has 19 heavy (non-hydrogen) atoms. The molecule has 0 radical (unpaired) electrons. The maximum atomic E-state index is 5.95. The Bertz CT molecular complexity index is 444. The van der Waals surface area contributed by atoms with Gasteiger partial charge in [0, 0.05) is 24.8 Å². The van der Waals surface area contributed by atoms with E-state index < -0.39 is 0 Å². The Kier molecular flexibility index (Phi) is 3.90. The maximum Gasteiger partial charge on any atom is 0.144 e. The average molecular weight is 264 g/mol. The summed E-state index contributed by atoms with van der Waals surface area (Å²) in [5.41, 5.74) is 7.67. The first-order valence-corrected chi connectivity index (χ1v) is 6.82. The van der Waals surface area contributed by atoms with Crippen LogP contribution in [0.3, 0.4) is 0 Å². The summed E-state index contributed by atoms with van der Waals surface area (Å²) in [5.74, 6) is 0.761. The van der Waals surface area contributed by atoms with Crippen LogP contribution in [0.1, 0.15) is 27.7 Å².